The monoisotopic (exact) mass is 475 g/mol. The molecule has 3 N–H and O–H groups in total. The van der Waals surface area contributed by atoms with Gasteiger partial charge in [0.25, 0.3) is 5.91 Å². The van der Waals surface area contributed by atoms with Crippen molar-refractivity contribution in [2.75, 3.05) is 18.5 Å². The molecule has 2 saturated heterocycles. The van der Waals surface area contributed by atoms with Crippen LogP contribution in [0.5, 0.6) is 5.75 Å². The largest absolute Gasteiger partial charge is 0.478 e. The Morgan fingerprint density at radius 1 is 1.18 bits per heavy atom. The topological polar surface area (TPSA) is 128 Å². The minimum Gasteiger partial charge on any atom is -0.478 e. The first kappa shape index (κ1) is 22.2. The van der Waals surface area contributed by atoms with E-state index in [1.54, 1.807) is 6.07 Å². The molecule has 1 aromatic rings. The number of fused-ring (bicyclic) bond motifs is 2. The van der Waals surface area contributed by atoms with Gasteiger partial charge >= 0.3 is 0 Å². The maximum atomic E-state index is 13.9. The van der Waals surface area contributed by atoms with Gasteiger partial charge in [-0.05, 0) is 37.0 Å². The number of carbonyl (C=O) groups excluding carboxylic acids is 4. The van der Waals surface area contributed by atoms with Gasteiger partial charge in [-0.2, -0.15) is 0 Å². The van der Waals surface area contributed by atoms with Gasteiger partial charge in [-0.1, -0.05) is 19.3 Å². The minimum atomic E-state index is -1.10. The van der Waals surface area contributed by atoms with Crippen molar-refractivity contribution in [2.45, 2.75) is 55.7 Å². The molecule has 0 spiro atoms. The fourth-order valence-corrected chi connectivity index (χ4v) is 5.95. The molecule has 3 aliphatic heterocycles. The number of benzene rings is 1. The normalized spacial score (nSPS) is 30.3. The van der Waals surface area contributed by atoms with Crippen LogP contribution in [0.2, 0.25) is 0 Å². The Morgan fingerprint density at radius 3 is 2.67 bits per heavy atom. The number of anilines is 1. The highest BCUT2D eigenvalue weighted by molar-refractivity contribution is 6.22. The minimum absolute atomic E-state index is 0.0693. The number of hydrogen-bond donors (Lipinski definition) is 2. The van der Waals surface area contributed by atoms with Crippen molar-refractivity contribution >= 4 is 40.8 Å². The van der Waals surface area contributed by atoms with Gasteiger partial charge in [-0.15, -0.1) is 11.6 Å². The molecule has 176 valence electrons. The summed E-state index contributed by atoms with van der Waals surface area (Å²) in [4.78, 5) is 52.7. The van der Waals surface area contributed by atoms with E-state index in [1.165, 1.54) is 17.0 Å². The van der Waals surface area contributed by atoms with E-state index in [-0.39, 0.29) is 36.3 Å². The van der Waals surface area contributed by atoms with Crippen LogP contribution in [-0.2, 0) is 19.1 Å². The molecule has 0 aromatic heterocycles. The number of nitrogens with one attached hydrogen (secondary N) is 1. The third-order valence-electron chi connectivity index (χ3n) is 7.21. The average molecular weight is 476 g/mol. The lowest BCUT2D eigenvalue weighted by atomic mass is 9.76. The molecular formula is C23H26ClN3O6. The second-order valence-electron chi connectivity index (χ2n) is 9.22. The van der Waals surface area contributed by atoms with Gasteiger partial charge in [0.1, 0.15) is 24.5 Å². The highest BCUT2D eigenvalue weighted by Gasteiger charge is 2.55. The van der Waals surface area contributed by atoms with Gasteiger partial charge < -0.3 is 25.4 Å². The van der Waals surface area contributed by atoms with Crippen LogP contribution in [0.1, 0.15) is 42.5 Å². The van der Waals surface area contributed by atoms with Gasteiger partial charge in [0.2, 0.25) is 11.8 Å². The number of primary amides is 1. The van der Waals surface area contributed by atoms with Gasteiger partial charge in [-0.25, -0.2) is 0 Å². The molecule has 1 unspecified atom stereocenters. The first-order valence-electron chi connectivity index (χ1n) is 11.4. The van der Waals surface area contributed by atoms with Crippen molar-refractivity contribution in [1.82, 2.24) is 4.90 Å². The van der Waals surface area contributed by atoms with Crippen LogP contribution in [0, 0.1) is 11.8 Å². The Labute approximate surface area is 195 Å². The van der Waals surface area contributed by atoms with Crippen LogP contribution in [0.15, 0.2) is 18.2 Å². The highest BCUT2D eigenvalue weighted by Crippen LogP contribution is 2.41. The number of likely N-dealkylation sites (tertiary alicyclic amines) is 1. The maximum absolute atomic E-state index is 13.9. The summed E-state index contributed by atoms with van der Waals surface area (Å²) in [5.74, 6) is -2.10. The van der Waals surface area contributed by atoms with Gasteiger partial charge in [0.15, 0.2) is 11.9 Å². The van der Waals surface area contributed by atoms with Crippen molar-refractivity contribution < 1.29 is 28.7 Å². The first-order chi connectivity index (χ1) is 15.8. The summed E-state index contributed by atoms with van der Waals surface area (Å²) in [5.41, 5.74) is 6.05. The van der Waals surface area contributed by atoms with Crippen LogP contribution >= 0.6 is 11.6 Å². The molecule has 5 rings (SSSR count). The predicted molar refractivity (Wildman–Crippen MR) is 118 cm³/mol. The van der Waals surface area contributed by atoms with E-state index in [2.05, 4.69) is 5.32 Å². The Balaban J connectivity index is 1.48. The number of nitrogens with two attached hydrogens (primary N) is 1. The summed E-state index contributed by atoms with van der Waals surface area (Å²) >= 11 is 6.41. The number of ether oxygens (including phenoxy) is 2. The molecule has 5 atom stereocenters. The van der Waals surface area contributed by atoms with Crippen molar-refractivity contribution in [2.24, 2.45) is 17.6 Å². The molecular weight excluding hydrogens is 450 g/mol. The Bertz CT molecular complexity index is 1010. The number of halogens is 1. The summed E-state index contributed by atoms with van der Waals surface area (Å²) in [6.07, 6.45) is 2.93. The van der Waals surface area contributed by atoms with Crippen molar-refractivity contribution in [3.05, 3.63) is 23.8 Å². The zero-order valence-corrected chi connectivity index (χ0v) is 18.8. The molecule has 1 aromatic carbocycles. The predicted octanol–water partition coefficient (Wildman–Crippen LogP) is 1.47. The summed E-state index contributed by atoms with van der Waals surface area (Å²) < 4.78 is 11.6. The molecule has 1 saturated carbocycles. The second-order valence-corrected chi connectivity index (χ2v) is 9.78. The molecule has 9 nitrogen and oxygen atoms in total. The van der Waals surface area contributed by atoms with Gasteiger partial charge in [-0.3, -0.25) is 19.2 Å². The van der Waals surface area contributed by atoms with Crippen LogP contribution in [-0.4, -0.2) is 65.2 Å². The fourth-order valence-electron chi connectivity index (χ4n) is 5.59. The number of carbonyl (C=O) groups is 4. The molecule has 3 fully saturated rings. The van der Waals surface area contributed by atoms with E-state index >= 15 is 0 Å². The van der Waals surface area contributed by atoms with E-state index in [9.17, 15) is 19.2 Å². The highest BCUT2D eigenvalue weighted by atomic mass is 35.5. The average Bonchev–Trinajstić information content (AvgIpc) is 3.35. The van der Waals surface area contributed by atoms with Crippen molar-refractivity contribution in [3.8, 4) is 5.75 Å². The quantitative estimate of drug-likeness (QED) is 0.634. The van der Waals surface area contributed by atoms with Gasteiger partial charge in [0, 0.05) is 12.1 Å². The third kappa shape index (κ3) is 3.87. The zero-order valence-electron chi connectivity index (χ0n) is 18.0. The van der Waals surface area contributed by atoms with Crippen LogP contribution in [0.3, 0.4) is 0 Å². The van der Waals surface area contributed by atoms with Gasteiger partial charge in [0.05, 0.1) is 17.0 Å². The maximum Gasteiger partial charge on any atom is 0.266 e. The molecule has 3 heterocycles. The number of hydrogen-bond acceptors (Lipinski definition) is 6. The van der Waals surface area contributed by atoms with E-state index in [1.807, 2.05) is 0 Å². The molecule has 3 amide bonds. The first-order valence-corrected chi connectivity index (χ1v) is 11.8. The summed E-state index contributed by atoms with van der Waals surface area (Å²) in [6.45, 7) is 0.113. The Kier molecular flexibility index (Phi) is 5.78. The lowest BCUT2D eigenvalue weighted by Crippen LogP contribution is -2.54. The molecule has 0 bridgehead atoms. The summed E-state index contributed by atoms with van der Waals surface area (Å²) in [6, 6.07) is 3.80. The number of Topliss-reactive ketones (excluding diaryl/α,β-unsaturated/α-hetero) is 1. The van der Waals surface area contributed by atoms with Crippen molar-refractivity contribution in [1.29, 1.82) is 0 Å². The Morgan fingerprint density at radius 2 is 1.94 bits per heavy atom. The number of ketones is 1. The number of alkyl halides is 1. The number of nitrogens with zero attached hydrogens (tertiary/aromatic N) is 1. The summed E-state index contributed by atoms with van der Waals surface area (Å²) in [5, 5.41) is 2.31. The van der Waals surface area contributed by atoms with Crippen LogP contribution < -0.4 is 15.8 Å². The zero-order chi connectivity index (χ0) is 23.3. The standard InChI is InChI=1S/C23H26ClN3O6/c24-13-9-27(18-15(28)10-32-19(13)18)23(31)17(11-4-2-1-3-5-11)20-22(30)26-14-7-6-12(21(25)29)8-16(14)33-20/h6-8,11,13,17-20H,1-5,9-10H2,(H2,25,29)(H,26,30)/t13-,17-,18+,19+,20?/m0/s1. The van der Waals surface area contributed by atoms with Crippen molar-refractivity contribution in [3.63, 3.8) is 0 Å². The van der Waals surface area contributed by atoms with E-state index < -0.39 is 41.4 Å². The molecule has 33 heavy (non-hydrogen) atoms. The molecule has 4 aliphatic rings. The van der Waals surface area contributed by atoms with Crippen LogP contribution in [0.4, 0.5) is 5.69 Å². The SMILES string of the molecule is NC(=O)c1ccc2c(c1)OC([C@@H](C(=O)N1C[C@H](Cl)[C@H]3OCC(=O)[C@H]31)C1CCCCC1)C(=O)N2. The van der Waals surface area contributed by atoms with E-state index in [4.69, 9.17) is 26.8 Å². The lowest BCUT2D eigenvalue weighted by Gasteiger charge is -2.39. The summed E-state index contributed by atoms with van der Waals surface area (Å²) in [7, 11) is 0. The van der Waals surface area contributed by atoms with Crippen LogP contribution in [0.25, 0.3) is 0 Å². The number of rotatable bonds is 4. The second kappa shape index (κ2) is 8.61. The number of amides is 3. The Hall–Kier alpha value is -2.65. The lowest BCUT2D eigenvalue weighted by molar-refractivity contribution is -0.149. The smallest absolute Gasteiger partial charge is 0.266 e. The third-order valence-corrected chi connectivity index (χ3v) is 7.60. The molecule has 1 aliphatic carbocycles. The van der Waals surface area contributed by atoms with E-state index in [0.717, 1.165) is 32.1 Å². The molecule has 0 radical (unpaired) electrons. The fraction of sp³-hybridized carbons (Fsp3) is 0.565. The molecule has 10 heteroatoms. The van der Waals surface area contributed by atoms with E-state index in [0.29, 0.717) is 11.4 Å².